The largest absolute Gasteiger partial charge is 0.465 e. The zero-order valence-electron chi connectivity index (χ0n) is 15.0. The van der Waals surface area contributed by atoms with Gasteiger partial charge < -0.3 is 10.1 Å². The quantitative estimate of drug-likeness (QED) is 0.644. The summed E-state index contributed by atoms with van der Waals surface area (Å²) in [5, 5.41) is 2.70. The molecule has 7 heteroatoms. The summed E-state index contributed by atoms with van der Waals surface area (Å²) >= 11 is 6.15. The Balaban J connectivity index is 1.99. The van der Waals surface area contributed by atoms with Crippen LogP contribution in [0.4, 0.5) is 11.4 Å². The molecule has 6 nitrogen and oxygen atoms in total. The number of carbonyl (C=O) groups is 3. The number of para-hydroxylation sites is 1. The lowest BCUT2D eigenvalue weighted by molar-refractivity contribution is -0.120. The van der Waals surface area contributed by atoms with Gasteiger partial charge in [-0.3, -0.25) is 9.59 Å². The van der Waals surface area contributed by atoms with Crippen molar-refractivity contribution in [1.82, 2.24) is 0 Å². The van der Waals surface area contributed by atoms with Gasteiger partial charge in [-0.1, -0.05) is 29.8 Å². The first-order valence-electron chi connectivity index (χ1n) is 8.14. The first kappa shape index (κ1) is 18.7. The van der Waals surface area contributed by atoms with Crippen LogP contribution in [0.3, 0.4) is 0 Å². The van der Waals surface area contributed by atoms with E-state index in [9.17, 15) is 14.4 Å². The number of hydrogen-bond acceptors (Lipinski definition) is 5. The fourth-order valence-electron chi connectivity index (χ4n) is 2.97. The van der Waals surface area contributed by atoms with Gasteiger partial charge >= 0.3 is 5.97 Å². The van der Waals surface area contributed by atoms with Crippen LogP contribution < -0.4 is 10.2 Å². The third kappa shape index (κ3) is 3.44. The number of esters is 1. The van der Waals surface area contributed by atoms with E-state index in [2.05, 4.69) is 5.32 Å². The number of aryl methyl sites for hydroxylation is 2. The van der Waals surface area contributed by atoms with E-state index in [1.165, 1.54) is 19.2 Å². The van der Waals surface area contributed by atoms with E-state index in [-0.39, 0.29) is 22.0 Å². The Morgan fingerprint density at radius 3 is 2.30 bits per heavy atom. The lowest BCUT2D eigenvalue weighted by Gasteiger charge is -2.18. The van der Waals surface area contributed by atoms with Gasteiger partial charge in [-0.05, 0) is 49.2 Å². The van der Waals surface area contributed by atoms with E-state index in [1.807, 2.05) is 32.0 Å². The second kappa shape index (κ2) is 7.25. The second-order valence-electron chi connectivity index (χ2n) is 6.14. The van der Waals surface area contributed by atoms with Gasteiger partial charge in [0.2, 0.25) is 0 Å². The van der Waals surface area contributed by atoms with Crippen molar-refractivity contribution in [2.45, 2.75) is 13.8 Å². The van der Waals surface area contributed by atoms with Crippen molar-refractivity contribution in [3.63, 3.8) is 0 Å². The maximum Gasteiger partial charge on any atom is 0.339 e. The summed E-state index contributed by atoms with van der Waals surface area (Å²) in [4.78, 5) is 38.4. The summed E-state index contributed by atoms with van der Waals surface area (Å²) in [7, 11) is 1.23. The van der Waals surface area contributed by atoms with Crippen LogP contribution in [0, 0.1) is 13.8 Å². The Kier molecular flexibility index (Phi) is 5.01. The molecule has 0 unspecified atom stereocenters. The van der Waals surface area contributed by atoms with Crippen LogP contribution in [0.2, 0.25) is 0 Å². The molecule has 1 N–H and O–H groups in total. The van der Waals surface area contributed by atoms with E-state index in [0.29, 0.717) is 5.69 Å². The van der Waals surface area contributed by atoms with Gasteiger partial charge in [-0.25, -0.2) is 9.69 Å². The molecule has 0 aliphatic carbocycles. The Labute approximate surface area is 161 Å². The van der Waals surface area contributed by atoms with E-state index >= 15 is 0 Å². The molecule has 1 aliphatic rings. The lowest BCUT2D eigenvalue weighted by Crippen LogP contribution is -2.33. The van der Waals surface area contributed by atoms with E-state index in [0.717, 1.165) is 16.0 Å². The molecule has 2 aromatic carbocycles. The predicted octanol–water partition coefficient (Wildman–Crippen LogP) is 3.53. The molecular weight excluding hydrogens is 368 g/mol. The third-order valence-electron chi connectivity index (χ3n) is 4.07. The molecule has 0 bridgehead atoms. The molecule has 27 heavy (non-hydrogen) atoms. The van der Waals surface area contributed by atoms with Gasteiger partial charge in [-0.15, -0.1) is 0 Å². The molecule has 0 fully saturated rings. The maximum atomic E-state index is 12.9. The highest BCUT2D eigenvalue weighted by molar-refractivity contribution is 6.53. The molecular formula is C20H17ClN2O4. The van der Waals surface area contributed by atoms with Crippen molar-refractivity contribution >= 4 is 40.8 Å². The van der Waals surface area contributed by atoms with Crippen LogP contribution in [-0.2, 0) is 14.3 Å². The van der Waals surface area contributed by atoms with Crippen LogP contribution >= 0.6 is 11.6 Å². The smallest absolute Gasteiger partial charge is 0.339 e. The first-order valence-corrected chi connectivity index (χ1v) is 8.52. The van der Waals surface area contributed by atoms with Crippen molar-refractivity contribution in [2.75, 3.05) is 17.3 Å². The minimum Gasteiger partial charge on any atom is -0.465 e. The van der Waals surface area contributed by atoms with Crippen molar-refractivity contribution < 1.29 is 19.1 Å². The van der Waals surface area contributed by atoms with Gasteiger partial charge in [0, 0.05) is 5.69 Å². The topological polar surface area (TPSA) is 75.7 Å². The maximum absolute atomic E-state index is 12.9. The number of nitrogens with zero attached hydrogens (tertiary/aromatic N) is 1. The van der Waals surface area contributed by atoms with Gasteiger partial charge in [0.15, 0.2) is 0 Å². The van der Waals surface area contributed by atoms with Crippen LogP contribution in [0.1, 0.15) is 21.5 Å². The van der Waals surface area contributed by atoms with Gasteiger partial charge in [0.1, 0.15) is 10.7 Å². The molecule has 0 aromatic heterocycles. The Morgan fingerprint density at radius 1 is 1.04 bits per heavy atom. The lowest BCUT2D eigenvalue weighted by atomic mass is 10.1. The number of carbonyl (C=O) groups excluding carboxylic acids is 3. The van der Waals surface area contributed by atoms with Crippen molar-refractivity contribution in [3.8, 4) is 0 Å². The summed E-state index contributed by atoms with van der Waals surface area (Å²) in [6, 6.07) is 11.9. The Bertz CT molecular complexity index is 977. The Morgan fingerprint density at radius 2 is 1.67 bits per heavy atom. The zero-order chi connectivity index (χ0) is 19.7. The molecule has 0 radical (unpaired) electrons. The summed E-state index contributed by atoms with van der Waals surface area (Å²) in [6.07, 6.45) is 0. The number of imide groups is 1. The minimum atomic E-state index is -0.704. The monoisotopic (exact) mass is 384 g/mol. The highest BCUT2D eigenvalue weighted by Crippen LogP contribution is 2.32. The van der Waals surface area contributed by atoms with Crippen molar-refractivity contribution in [2.24, 2.45) is 0 Å². The molecule has 2 amide bonds. The number of rotatable bonds is 4. The second-order valence-corrected chi connectivity index (χ2v) is 6.52. The summed E-state index contributed by atoms with van der Waals surface area (Å²) < 4.78 is 4.73. The summed E-state index contributed by atoms with van der Waals surface area (Å²) in [6.45, 7) is 3.85. The highest BCUT2D eigenvalue weighted by atomic mass is 35.5. The summed E-state index contributed by atoms with van der Waals surface area (Å²) in [5.74, 6) is -2.00. The zero-order valence-corrected chi connectivity index (χ0v) is 15.8. The third-order valence-corrected chi connectivity index (χ3v) is 4.42. The molecule has 0 saturated heterocycles. The molecule has 0 spiro atoms. The molecule has 138 valence electrons. The van der Waals surface area contributed by atoms with E-state index in [1.54, 1.807) is 12.1 Å². The van der Waals surface area contributed by atoms with Gasteiger partial charge in [-0.2, -0.15) is 0 Å². The summed E-state index contributed by atoms with van der Waals surface area (Å²) in [5.41, 5.74) is 2.82. The molecule has 2 aromatic rings. The number of hydrogen-bond donors (Lipinski definition) is 1. The van der Waals surface area contributed by atoms with Gasteiger partial charge in [0.05, 0.1) is 18.4 Å². The first-order chi connectivity index (χ1) is 12.8. The molecule has 0 atom stereocenters. The number of methoxy groups -OCH3 is 1. The van der Waals surface area contributed by atoms with Crippen LogP contribution in [0.15, 0.2) is 53.2 Å². The van der Waals surface area contributed by atoms with Crippen LogP contribution in [-0.4, -0.2) is 24.9 Å². The average Bonchev–Trinajstić information content (AvgIpc) is 2.84. The number of anilines is 2. The number of halogens is 1. The number of amides is 2. The molecule has 1 heterocycles. The standard InChI is InChI=1S/C20H17ClN2O4/c1-11-8-12(2)10-13(9-11)22-17-16(21)18(24)23(19(17)25)15-7-5-4-6-14(15)20(26)27-3/h4-10,22H,1-3H3. The van der Waals surface area contributed by atoms with E-state index < -0.39 is 17.8 Å². The number of nitrogens with one attached hydrogen (secondary N) is 1. The number of benzene rings is 2. The predicted molar refractivity (Wildman–Crippen MR) is 103 cm³/mol. The molecule has 1 aliphatic heterocycles. The molecule has 3 rings (SSSR count). The normalized spacial score (nSPS) is 14.0. The molecule has 0 saturated carbocycles. The minimum absolute atomic E-state index is 0.0358. The SMILES string of the molecule is COC(=O)c1ccccc1N1C(=O)C(Cl)=C(Nc2cc(C)cc(C)c2)C1=O. The van der Waals surface area contributed by atoms with Crippen molar-refractivity contribution in [3.05, 3.63) is 69.9 Å². The van der Waals surface area contributed by atoms with Gasteiger partial charge in [0.25, 0.3) is 11.8 Å². The van der Waals surface area contributed by atoms with Crippen LogP contribution in [0.5, 0.6) is 0 Å². The fourth-order valence-corrected chi connectivity index (χ4v) is 3.19. The highest BCUT2D eigenvalue weighted by Gasteiger charge is 2.40. The van der Waals surface area contributed by atoms with Crippen molar-refractivity contribution in [1.29, 1.82) is 0 Å². The van der Waals surface area contributed by atoms with E-state index in [4.69, 9.17) is 16.3 Å². The average molecular weight is 385 g/mol. The Hall–Kier alpha value is -3.12. The number of ether oxygens (including phenoxy) is 1. The van der Waals surface area contributed by atoms with Crippen LogP contribution in [0.25, 0.3) is 0 Å². The fraction of sp³-hybridized carbons (Fsp3) is 0.150.